The third-order valence-electron chi connectivity index (χ3n) is 2.34. The Kier molecular flexibility index (Phi) is 3.24. The number of halogens is 1. The van der Waals surface area contributed by atoms with Crippen molar-refractivity contribution in [1.82, 2.24) is 14.8 Å². The number of hydrogen-bond donors (Lipinski definition) is 1. The van der Waals surface area contributed by atoms with Gasteiger partial charge in [-0.15, -0.1) is 0 Å². The van der Waals surface area contributed by atoms with Gasteiger partial charge in [-0.1, -0.05) is 41.1 Å². The van der Waals surface area contributed by atoms with Crippen LogP contribution in [-0.4, -0.2) is 14.8 Å². The number of nitrogen functional groups attached to an aromatic ring is 1. The highest BCUT2D eigenvalue weighted by Crippen LogP contribution is 2.17. The van der Waals surface area contributed by atoms with E-state index in [0.29, 0.717) is 12.5 Å². The average Bonchev–Trinajstić information content (AvgIpc) is 2.63. The van der Waals surface area contributed by atoms with Crippen LogP contribution < -0.4 is 5.73 Å². The molecule has 1 aromatic carbocycles. The van der Waals surface area contributed by atoms with E-state index < -0.39 is 0 Å². The smallest absolute Gasteiger partial charge is 0.219 e. The van der Waals surface area contributed by atoms with Gasteiger partial charge in [-0.3, -0.25) is 0 Å². The van der Waals surface area contributed by atoms with Crippen molar-refractivity contribution in [3.8, 4) is 0 Å². The first kappa shape index (κ1) is 11.1. The highest BCUT2D eigenvalue weighted by atomic mass is 79.9. The molecular weight excluding hydrogens is 268 g/mol. The number of anilines is 1. The van der Waals surface area contributed by atoms with E-state index in [-0.39, 0.29) is 0 Å². The van der Waals surface area contributed by atoms with Crippen molar-refractivity contribution in [3.05, 3.63) is 40.1 Å². The van der Waals surface area contributed by atoms with Crippen LogP contribution in [0, 0.1) is 0 Å². The predicted molar refractivity (Wildman–Crippen MR) is 67.1 cm³/mol. The minimum atomic E-state index is 0.465. The lowest BCUT2D eigenvalue weighted by atomic mass is 10.2. The highest BCUT2D eigenvalue weighted by Gasteiger charge is 2.07. The van der Waals surface area contributed by atoms with Gasteiger partial charge in [-0.25, -0.2) is 4.68 Å². The van der Waals surface area contributed by atoms with Crippen LogP contribution in [0.1, 0.15) is 18.3 Å². The quantitative estimate of drug-likeness (QED) is 0.938. The molecule has 0 saturated heterocycles. The summed E-state index contributed by atoms with van der Waals surface area (Å²) < 4.78 is 2.78. The first-order chi connectivity index (χ1) is 7.70. The van der Waals surface area contributed by atoms with Gasteiger partial charge in [0, 0.05) is 10.9 Å². The van der Waals surface area contributed by atoms with Crippen molar-refractivity contribution in [2.24, 2.45) is 0 Å². The molecule has 1 heterocycles. The van der Waals surface area contributed by atoms with Gasteiger partial charge in [0.25, 0.3) is 0 Å². The molecule has 16 heavy (non-hydrogen) atoms. The van der Waals surface area contributed by atoms with Crippen LogP contribution in [0.25, 0.3) is 0 Å². The fourth-order valence-electron chi connectivity index (χ4n) is 1.46. The Morgan fingerprint density at radius 1 is 1.38 bits per heavy atom. The van der Waals surface area contributed by atoms with E-state index in [1.54, 1.807) is 4.68 Å². The molecule has 0 aliphatic rings. The van der Waals surface area contributed by atoms with Crippen molar-refractivity contribution in [3.63, 3.8) is 0 Å². The Balaban J connectivity index is 2.27. The van der Waals surface area contributed by atoms with Crippen molar-refractivity contribution in [1.29, 1.82) is 0 Å². The largest absolute Gasteiger partial charge is 0.368 e. The second-order valence-electron chi connectivity index (χ2n) is 3.49. The molecule has 0 spiro atoms. The molecule has 0 unspecified atom stereocenters. The molecule has 4 nitrogen and oxygen atoms in total. The molecule has 2 rings (SSSR count). The first-order valence-electron chi connectivity index (χ1n) is 5.13. The second-order valence-corrected chi connectivity index (χ2v) is 4.34. The SMILES string of the molecule is CCc1nc(N)n(Cc2ccccc2Br)n1. The molecule has 0 saturated carbocycles. The number of aromatic nitrogens is 3. The lowest BCUT2D eigenvalue weighted by Gasteiger charge is -2.04. The van der Waals surface area contributed by atoms with E-state index >= 15 is 0 Å². The molecule has 0 amide bonds. The monoisotopic (exact) mass is 280 g/mol. The molecule has 0 atom stereocenters. The van der Waals surface area contributed by atoms with Crippen molar-refractivity contribution in [2.75, 3.05) is 5.73 Å². The normalized spacial score (nSPS) is 10.6. The second kappa shape index (κ2) is 4.65. The molecule has 1 aromatic heterocycles. The van der Waals surface area contributed by atoms with Gasteiger partial charge >= 0.3 is 0 Å². The molecule has 0 bridgehead atoms. The molecule has 84 valence electrons. The molecule has 0 aliphatic heterocycles. The van der Waals surface area contributed by atoms with E-state index in [4.69, 9.17) is 5.73 Å². The minimum absolute atomic E-state index is 0.465. The van der Waals surface area contributed by atoms with Gasteiger partial charge in [-0.2, -0.15) is 10.1 Å². The van der Waals surface area contributed by atoms with Crippen LogP contribution >= 0.6 is 15.9 Å². The Morgan fingerprint density at radius 2 is 2.12 bits per heavy atom. The Bertz CT molecular complexity index is 492. The van der Waals surface area contributed by atoms with E-state index in [2.05, 4.69) is 26.0 Å². The maximum absolute atomic E-state index is 5.79. The number of nitrogens with zero attached hydrogens (tertiary/aromatic N) is 3. The number of rotatable bonds is 3. The zero-order chi connectivity index (χ0) is 11.5. The number of aryl methyl sites for hydroxylation is 1. The van der Waals surface area contributed by atoms with Gasteiger partial charge in [0.1, 0.15) is 0 Å². The van der Waals surface area contributed by atoms with Crippen LogP contribution in [-0.2, 0) is 13.0 Å². The Hall–Kier alpha value is -1.36. The number of nitrogens with two attached hydrogens (primary N) is 1. The minimum Gasteiger partial charge on any atom is -0.368 e. The van der Waals surface area contributed by atoms with E-state index in [1.807, 2.05) is 31.2 Å². The maximum Gasteiger partial charge on any atom is 0.219 e. The van der Waals surface area contributed by atoms with Crippen LogP contribution in [0.15, 0.2) is 28.7 Å². The maximum atomic E-state index is 5.79. The molecule has 0 radical (unpaired) electrons. The Morgan fingerprint density at radius 3 is 2.75 bits per heavy atom. The summed E-state index contributed by atoms with van der Waals surface area (Å²) in [5.74, 6) is 1.25. The zero-order valence-corrected chi connectivity index (χ0v) is 10.6. The van der Waals surface area contributed by atoms with Gasteiger partial charge < -0.3 is 5.73 Å². The third kappa shape index (κ3) is 2.24. The van der Waals surface area contributed by atoms with Crippen LogP contribution in [0.4, 0.5) is 5.95 Å². The summed E-state index contributed by atoms with van der Waals surface area (Å²) >= 11 is 3.50. The molecule has 0 aliphatic carbocycles. The number of benzene rings is 1. The average molecular weight is 281 g/mol. The van der Waals surface area contributed by atoms with Gasteiger partial charge in [0.2, 0.25) is 5.95 Å². The predicted octanol–water partition coefficient (Wildman–Crippen LogP) is 2.23. The van der Waals surface area contributed by atoms with Gasteiger partial charge in [0.05, 0.1) is 6.54 Å². The molecular formula is C11H13BrN4. The molecule has 2 aromatic rings. The summed E-state index contributed by atoms with van der Waals surface area (Å²) in [6.07, 6.45) is 0.799. The zero-order valence-electron chi connectivity index (χ0n) is 9.02. The fourth-order valence-corrected chi connectivity index (χ4v) is 1.87. The first-order valence-corrected chi connectivity index (χ1v) is 5.92. The van der Waals surface area contributed by atoms with Gasteiger partial charge in [0.15, 0.2) is 5.82 Å². The Labute approximate surface area is 103 Å². The fraction of sp³-hybridized carbons (Fsp3) is 0.273. The highest BCUT2D eigenvalue weighted by molar-refractivity contribution is 9.10. The van der Waals surface area contributed by atoms with Crippen molar-refractivity contribution >= 4 is 21.9 Å². The lowest BCUT2D eigenvalue weighted by Crippen LogP contribution is -2.06. The molecule has 0 fully saturated rings. The summed E-state index contributed by atoms with van der Waals surface area (Å²) in [4.78, 5) is 4.17. The summed E-state index contributed by atoms with van der Waals surface area (Å²) in [5, 5.41) is 4.32. The van der Waals surface area contributed by atoms with E-state index in [1.165, 1.54) is 0 Å². The molecule has 2 N–H and O–H groups in total. The topological polar surface area (TPSA) is 56.7 Å². The van der Waals surface area contributed by atoms with E-state index in [0.717, 1.165) is 22.3 Å². The van der Waals surface area contributed by atoms with Crippen molar-refractivity contribution in [2.45, 2.75) is 19.9 Å². The standard InChI is InChI=1S/C11H13BrN4/c1-2-10-14-11(13)16(15-10)7-8-5-3-4-6-9(8)12/h3-6H,2,7H2,1H3,(H2,13,14,15). The summed E-state index contributed by atoms with van der Waals surface area (Å²) in [6, 6.07) is 8.02. The third-order valence-corrected chi connectivity index (χ3v) is 3.11. The van der Waals surface area contributed by atoms with Crippen LogP contribution in [0.2, 0.25) is 0 Å². The summed E-state index contributed by atoms with van der Waals surface area (Å²) in [7, 11) is 0. The van der Waals surface area contributed by atoms with Gasteiger partial charge in [-0.05, 0) is 11.6 Å². The van der Waals surface area contributed by atoms with Crippen LogP contribution in [0.5, 0.6) is 0 Å². The lowest BCUT2D eigenvalue weighted by molar-refractivity contribution is 0.681. The van der Waals surface area contributed by atoms with Crippen LogP contribution in [0.3, 0.4) is 0 Å². The van der Waals surface area contributed by atoms with Crippen molar-refractivity contribution < 1.29 is 0 Å². The summed E-state index contributed by atoms with van der Waals surface area (Å²) in [5.41, 5.74) is 6.93. The van der Waals surface area contributed by atoms with E-state index in [9.17, 15) is 0 Å². The number of hydrogen-bond acceptors (Lipinski definition) is 3. The summed E-state index contributed by atoms with van der Waals surface area (Å²) in [6.45, 7) is 2.65. The molecule has 5 heteroatoms.